The largest absolute Gasteiger partial charge is 0.314 e. The molecule has 3 unspecified atom stereocenters. The van der Waals surface area contributed by atoms with Gasteiger partial charge >= 0.3 is 0 Å². The lowest BCUT2D eigenvalue weighted by molar-refractivity contribution is 0.432. The third-order valence-corrected chi connectivity index (χ3v) is 6.82. The van der Waals surface area contributed by atoms with Gasteiger partial charge in [-0.15, -0.1) is 11.8 Å². The van der Waals surface area contributed by atoms with Gasteiger partial charge in [-0.25, -0.2) is 8.42 Å². The fourth-order valence-corrected chi connectivity index (χ4v) is 4.78. The molecule has 0 saturated heterocycles. The highest BCUT2D eigenvalue weighted by Crippen LogP contribution is 2.39. The van der Waals surface area contributed by atoms with Crippen LogP contribution < -0.4 is 5.32 Å². The lowest BCUT2D eigenvalue weighted by Crippen LogP contribution is -2.33. The smallest absolute Gasteiger partial charge is 0.175 e. The number of sulfone groups is 1. The van der Waals surface area contributed by atoms with Gasteiger partial charge in [-0.05, 0) is 56.0 Å². The molecule has 3 nitrogen and oxygen atoms in total. The van der Waals surface area contributed by atoms with Crippen LogP contribution in [0.4, 0.5) is 0 Å². The number of rotatable bonds is 6. The molecule has 0 spiro atoms. The molecule has 0 radical (unpaired) electrons. The summed E-state index contributed by atoms with van der Waals surface area (Å²) in [5, 5.41) is 4.25. The van der Waals surface area contributed by atoms with E-state index in [0.29, 0.717) is 22.1 Å². The third-order valence-electron chi connectivity index (χ3n) is 4.18. The number of nitrogens with one attached hydrogen (secondary N) is 1. The Morgan fingerprint density at radius 1 is 1.24 bits per heavy atom. The Bertz CT molecular complexity index is 554. The van der Waals surface area contributed by atoms with Gasteiger partial charge < -0.3 is 5.32 Å². The first-order valence-electron chi connectivity index (χ1n) is 7.62. The zero-order valence-corrected chi connectivity index (χ0v) is 14.6. The second-order valence-electron chi connectivity index (χ2n) is 5.90. The summed E-state index contributed by atoms with van der Waals surface area (Å²) in [6, 6.07) is 7.91. The molecule has 0 bridgehead atoms. The molecule has 118 valence electrons. The van der Waals surface area contributed by atoms with E-state index < -0.39 is 9.84 Å². The number of benzene rings is 1. The molecule has 1 aliphatic carbocycles. The number of thioether (sulfide) groups is 1. The fraction of sp³-hybridized carbons (Fsp3) is 0.625. The first kappa shape index (κ1) is 16.8. The van der Waals surface area contributed by atoms with Crippen molar-refractivity contribution in [1.29, 1.82) is 0 Å². The van der Waals surface area contributed by atoms with Gasteiger partial charge in [-0.3, -0.25) is 0 Å². The fourth-order valence-electron chi connectivity index (χ4n) is 2.85. The standard InChI is InChI=1S/C16H25NO2S2/c1-4-11-17-15-9-10-16(12(15)2)20-13-5-7-14(8-6-13)21(3,18)19/h5-8,12,15-17H,4,9-11H2,1-3H3. The lowest BCUT2D eigenvalue weighted by Gasteiger charge is -2.21. The van der Waals surface area contributed by atoms with E-state index in [2.05, 4.69) is 19.2 Å². The Balaban J connectivity index is 1.96. The minimum absolute atomic E-state index is 0.397. The van der Waals surface area contributed by atoms with Crippen molar-refractivity contribution in [3.8, 4) is 0 Å². The first-order valence-corrected chi connectivity index (χ1v) is 10.4. The lowest BCUT2D eigenvalue weighted by atomic mass is 10.1. The minimum atomic E-state index is -3.10. The molecule has 1 saturated carbocycles. The van der Waals surface area contributed by atoms with Gasteiger partial charge in [0, 0.05) is 22.4 Å². The second kappa shape index (κ2) is 7.16. The molecule has 0 aliphatic heterocycles. The maximum Gasteiger partial charge on any atom is 0.175 e. The topological polar surface area (TPSA) is 46.2 Å². The average molecular weight is 328 g/mol. The van der Waals surface area contributed by atoms with E-state index in [0.717, 1.165) is 11.4 Å². The highest BCUT2D eigenvalue weighted by molar-refractivity contribution is 8.00. The van der Waals surface area contributed by atoms with Crippen LogP contribution >= 0.6 is 11.8 Å². The minimum Gasteiger partial charge on any atom is -0.314 e. The van der Waals surface area contributed by atoms with E-state index in [1.54, 1.807) is 12.1 Å². The highest BCUT2D eigenvalue weighted by atomic mass is 32.2. The van der Waals surface area contributed by atoms with Crippen LogP contribution in [0.2, 0.25) is 0 Å². The van der Waals surface area contributed by atoms with E-state index in [4.69, 9.17) is 0 Å². The van der Waals surface area contributed by atoms with Crippen molar-refractivity contribution in [3.63, 3.8) is 0 Å². The van der Waals surface area contributed by atoms with Crippen LogP contribution in [-0.4, -0.2) is 32.5 Å². The molecule has 21 heavy (non-hydrogen) atoms. The van der Waals surface area contributed by atoms with Crippen molar-refractivity contribution >= 4 is 21.6 Å². The van der Waals surface area contributed by atoms with Gasteiger partial charge in [0.05, 0.1) is 4.90 Å². The van der Waals surface area contributed by atoms with E-state index >= 15 is 0 Å². The summed E-state index contributed by atoms with van der Waals surface area (Å²) in [5.41, 5.74) is 0. The van der Waals surface area contributed by atoms with E-state index in [9.17, 15) is 8.42 Å². The molecule has 0 amide bonds. The maximum absolute atomic E-state index is 11.5. The van der Waals surface area contributed by atoms with Crippen molar-refractivity contribution in [3.05, 3.63) is 24.3 Å². The Labute approximate surface area is 132 Å². The van der Waals surface area contributed by atoms with Crippen LogP contribution in [0, 0.1) is 5.92 Å². The van der Waals surface area contributed by atoms with Crippen molar-refractivity contribution in [1.82, 2.24) is 5.32 Å². The third kappa shape index (κ3) is 4.47. The highest BCUT2D eigenvalue weighted by Gasteiger charge is 2.32. The van der Waals surface area contributed by atoms with Crippen molar-refractivity contribution < 1.29 is 8.42 Å². The summed E-state index contributed by atoms with van der Waals surface area (Å²) in [5.74, 6) is 0.649. The summed E-state index contributed by atoms with van der Waals surface area (Å²) in [4.78, 5) is 1.56. The predicted octanol–water partition coefficient (Wildman–Crippen LogP) is 3.35. The molecular formula is C16H25NO2S2. The molecule has 5 heteroatoms. The van der Waals surface area contributed by atoms with Gasteiger partial charge in [-0.2, -0.15) is 0 Å². The summed E-state index contributed by atoms with van der Waals surface area (Å²) in [6.07, 6.45) is 4.88. The molecule has 1 aromatic carbocycles. The summed E-state index contributed by atoms with van der Waals surface area (Å²) < 4.78 is 22.9. The Hall–Kier alpha value is -0.520. The van der Waals surface area contributed by atoms with Gasteiger partial charge in [0.2, 0.25) is 0 Å². The van der Waals surface area contributed by atoms with Gasteiger partial charge in [0.1, 0.15) is 0 Å². The summed E-state index contributed by atoms with van der Waals surface area (Å²) >= 11 is 1.88. The van der Waals surface area contributed by atoms with Crippen LogP contribution in [0.15, 0.2) is 34.1 Å². The molecular weight excluding hydrogens is 302 g/mol. The van der Waals surface area contributed by atoms with Crippen LogP contribution in [-0.2, 0) is 9.84 Å². The van der Waals surface area contributed by atoms with Crippen LogP contribution in [0.1, 0.15) is 33.1 Å². The van der Waals surface area contributed by atoms with Crippen LogP contribution in [0.3, 0.4) is 0 Å². The number of hydrogen-bond acceptors (Lipinski definition) is 4. The SMILES string of the molecule is CCCNC1CCC(Sc2ccc(S(C)(=O)=O)cc2)C1C. The molecule has 0 aromatic heterocycles. The zero-order chi connectivity index (χ0) is 15.5. The van der Waals surface area contributed by atoms with Crippen molar-refractivity contribution in [2.75, 3.05) is 12.8 Å². The first-order chi connectivity index (χ1) is 9.91. The Morgan fingerprint density at radius 3 is 2.48 bits per heavy atom. The molecule has 2 rings (SSSR count). The van der Waals surface area contributed by atoms with E-state index in [1.165, 1.54) is 25.5 Å². The van der Waals surface area contributed by atoms with Crippen LogP contribution in [0.25, 0.3) is 0 Å². The normalized spacial score (nSPS) is 26.1. The van der Waals surface area contributed by atoms with Gasteiger partial charge in [-0.1, -0.05) is 13.8 Å². The molecule has 1 aromatic rings. The van der Waals surface area contributed by atoms with E-state index in [1.807, 2.05) is 23.9 Å². The molecule has 3 atom stereocenters. The van der Waals surface area contributed by atoms with E-state index in [-0.39, 0.29) is 0 Å². The summed E-state index contributed by atoms with van der Waals surface area (Å²) in [6.45, 7) is 5.61. The quantitative estimate of drug-likeness (QED) is 0.870. The van der Waals surface area contributed by atoms with Crippen LogP contribution in [0.5, 0.6) is 0 Å². The monoisotopic (exact) mass is 327 g/mol. The van der Waals surface area contributed by atoms with Crippen molar-refractivity contribution in [2.45, 2.75) is 54.2 Å². The van der Waals surface area contributed by atoms with Gasteiger partial charge in [0.25, 0.3) is 0 Å². The average Bonchev–Trinajstić information content (AvgIpc) is 2.77. The Kier molecular flexibility index (Phi) is 5.74. The molecule has 1 aliphatic rings. The number of hydrogen-bond donors (Lipinski definition) is 1. The maximum atomic E-state index is 11.5. The summed E-state index contributed by atoms with van der Waals surface area (Å²) in [7, 11) is -3.10. The zero-order valence-electron chi connectivity index (χ0n) is 13.0. The Morgan fingerprint density at radius 2 is 1.90 bits per heavy atom. The predicted molar refractivity (Wildman–Crippen MR) is 89.7 cm³/mol. The van der Waals surface area contributed by atoms with Crippen molar-refractivity contribution in [2.24, 2.45) is 5.92 Å². The molecule has 1 fully saturated rings. The molecule has 0 heterocycles. The molecule has 1 N–H and O–H groups in total. The van der Waals surface area contributed by atoms with Gasteiger partial charge in [0.15, 0.2) is 9.84 Å². The second-order valence-corrected chi connectivity index (χ2v) is 9.23.